The van der Waals surface area contributed by atoms with Crippen molar-refractivity contribution in [3.63, 3.8) is 0 Å². The van der Waals surface area contributed by atoms with Crippen LogP contribution in [0.25, 0.3) is 0 Å². The van der Waals surface area contributed by atoms with E-state index < -0.39 is 0 Å². The quantitative estimate of drug-likeness (QED) is 0.518. The summed E-state index contributed by atoms with van der Waals surface area (Å²) >= 11 is 0. The molecular formula is C8H9N3. The second-order valence-electron chi connectivity index (χ2n) is 2.75. The first-order valence-electron chi connectivity index (χ1n) is 3.55. The molecule has 56 valence electrons. The van der Waals surface area contributed by atoms with Gasteiger partial charge in [-0.05, 0) is 17.7 Å². The van der Waals surface area contributed by atoms with Crippen molar-refractivity contribution in [1.29, 1.82) is 5.41 Å². The van der Waals surface area contributed by atoms with Gasteiger partial charge in [0.2, 0.25) is 0 Å². The van der Waals surface area contributed by atoms with E-state index in [1.807, 2.05) is 6.08 Å². The van der Waals surface area contributed by atoms with Gasteiger partial charge in [0.05, 0.1) is 6.54 Å². The van der Waals surface area contributed by atoms with Crippen LogP contribution < -0.4 is 5.73 Å². The summed E-state index contributed by atoms with van der Waals surface area (Å²) in [5.74, 6) is 0.628. The summed E-state index contributed by atoms with van der Waals surface area (Å²) in [5.41, 5.74) is 8.48. The molecule has 0 spiro atoms. The van der Waals surface area contributed by atoms with Crippen molar-refractivity contribution >= 4 is 11.5 Å². The molecule has 1 heterocycles. The number of rotatable bonds is 0. The number of nitrogens with zero attached hydrogens (tertiary/aromatic N) is 1. The Morgan fingerprint density at radius 1 is 1.45 bits per heavy atom. The summed E-state index contributed by atoms with van der Waals surface area (Å²) in [6.45, 7) is 0.688. The molecule has 0 unspecified atom stereocenters. The number of nitrogens with one attached hydrogen (secondary N) is 1. The largest absolute Gasteiger partial charge is 0.383 e. The average Bonchev–Trinajstić information content (AvgIpc) is 2.32. The van der Waals surface area contributed by atoms with Gasteiger partial charge in [0.1, 0.15) is 5.84 Å². The van der Waals surface area contributed by atoms with Crippen LogP contribution >= 0.6 is 0 Å². The van der Waals surface area contributed by atoms with E-state index in [1.54, 1.807) is 6.08 Å². The van der Waals surface area contributed by atoms with E-state index >= 15 is 0 Å². The van der Waals surface area contributed by atoms with Gasteiger partial charge in [-0.15, -0.1) is 0 Å². The Morgan fingerprint density at radius 3 is 3.09 bits per heavy atom. The van der Waals surface area contributed by atoms with Crippen LogP contribution in [0.3, 0.4) is 0 Å². The highest BCUT2D eigenvalue weighted by atomic mass is 14.9. The van der Waals surface area contributed by atoms with Gasteiger partial charge in [0.25, 0.3) is 0 Å². The summed E-state index contributed by atoms with van der Waals surface area (Å²) < 4.78 is 0. The molecule has 0 aromatic carbocycles. The minimum atomic E-state index is 0.628. The van der Waals surface area contributed by atoms with E-state index in [1.165, 1.54) is 5.57 Å². The molecular weight excluding hydrogens is 138 g/mol. The van der Waals surface area contributed by atoms with Crippen molar-refractivity contribution in [1.82, 2.24) is 0 Å². The van der Waals surface area contributed by atoms with Gasteiger partial charge < -0.3 is 11.1 Å². The zero-order valence-electron chi connectivity index (χ0n) is 6.09. The molecule has 3 nitrogen and oxygen atoms in total. The zero-order chi connectivity index (χ0) is 7.84. The molecule has 0 atom stereocenters. The monoisotopic (exact) mass is 147 g/mol. The molecule has 0 radical (unpaired) electrons. The summed E-state index contributed by atoms with van der Waals surface area (Å²) in [6, 6.07) is 0. The fourth-order valence-electron chi connectivity index (χ4n) is 1.36. The van der Waals surface area contributed by atoms with Crippen molar-refractivity contribution < 1.29 is 0 Å². The highest BCUT2D eigenvalue weighted by Gasteiger charge is 2.18. The van der Waals surface area contributed by atoms with Gasteiger partial charge in [-0.2, -0.15) is 0 Å². The molecule has 3 N–H and O–H groups in total. The maximum atomic E-state index is 7.39. The van der Waals surface area contributed by atoms with Crippen LogP contribution in [0.5, 0.6) is 0 Å². The number of hydrogen-bond donors (Lipinski definition) is 2. The lowest BCUT2D eigenvalue weighted by Gasteiger charge is -2.07. The predicted molar refractivity (Wildman–Crippen MR) is 45.0 cm³/mol. The first-order valence-corrected chi connectivity index (χ1v) is 3.55. The minimum absolute atomic E-state index is 0.628. The van der Waals surface area contributed by atoms with Crippen molar-refractivity contribution in [2.75, 3.05) is 6.54 Å². The first kappa shape index (κ1) is 6.34. The third-order valence-corrected chi connectivity index (χ3v) is 1.95. The Balaban J connectivity index is 2.38. The van der Waals surface area contributed by atoms with E-state index in [0.29, 0.717) is 18.1 Å². The summed E-state index contributed by atoms with van der Waals surface area (Å²) in [7, 11) is 0. The Morgan fingerprint density at radius 2 is 2.27 bits per heavy atom. The summed E-state index contributed by atoms with van der Waals surface area (Å²) in [6.07, 6.45) is 4.38. The molecule has 11 heavy (non-hydrogen) atoms. The number of allylic oxidation sites excluding steroid dienone is 1. The fraction of sp³-hybridized carbons (Fsp3) is 0.250. The fourth-order valence-corrected chi connectivity index (χ4v) is 1.36. The molecule has 3 heteroatoms. The maximum Gasteiger partial charge on any atom is 0.125 e. The summed E-state index contributed by atoms with van der Waals surface area (Å²) in [4.78, 5) is 4.09. The van der Waals surface area contributed by atoms with Gasteiger partial charge in [0.15, 0.2) is 0 Å². The van der Waals surface area contributed by atoms with Crippen molar-refractivity contribution in [2.24, 2.45) is 10.7 Å². The number of aliphatic imine (C=N–C) groups is 1. The van der Waals surface area contributed by atoms with E-state index in [2.05, 4.69) is 4.99 Å². The first-order chi connectivity index (χ1) is 5.27. The Hall–Kier alpha value is -1.38. The van der Waals surface area contributed by atoms with Crippen LogP contribution in [0.15, 0.2) is 28.3 Å². The Kier molecular flexibility index (Phi) is 1.18. The highest BCUT2D eigenvalue weighted by Crippen LogP contribution is 2.21. The van der Waals surface area contributed by atoms with Gasteiger partial charge in [-0.25, -0.2) is 0 Å². The molecule has 0 aromatic rings. The van der Waals surface area contributed by atoms with Crippen molar-refractivity contribution in [3.8, 4) is 0 Å². The van der Waals surface area contributed by atoms with Crippen LogP contribution in [-0.4, -0.2) is 18.1 Å². The lowest BCUT2D eigenvalue weighted by Crippen LogP contribution is -2.13. The van der Waals surface area contributed by atoms with Crippen molar-refractivity contribution in [2.45, 2.75) is 6.42 Å². The standard InChI is InChI=1S/C8H9N3/c9-6-1-2-7-5(3-6)4-11-8(7)10/h1-2,9H,3-4H2,(H2,10,11). The van der Waals surface area contributed by atoms with E-state index in [4.69, 9.17) is 11.1 Å². The topological polar surface area (TPSA) is 62.2 Å². The molecule has 1 aliphatic heterocycles. The lowest BCUT2D eigenvalue weighted by molar-refractivity contribution is 1.10. The average molecular weight is 147 g/mol. The van der Waals surface area contributed by atoms with Gasteiger partial charge >= 0.3 is 0 Å². The van der Waals surface area contributed by atoms with E-state index in [9.17, 15) is 0 Å². The van der Waals surface area contributed by atoms with Crippen LogP contribution in [0.2, 0.25) is 0 Å². The van der Waals surface area contributed by atoms with Gasteiger partial charge in [-0.3, -0.25) is 4.99 Å². The molecule has 0 fully saturated rings. The zero-order valence-corrected chi connectivity index (χ0v) is 6.09. The second kappa shape index (κ2) is 2.05. The Bertz CT molecular complexity index is 307. The Labute approximate surface area is 64.8 Å². The normalized spacial score (nSPS) is 22.2. The third kappa shape index (κ3) is 0.888. The lowest BCUT2D eigenvalue weighted by atomic mass is 9.98. The molecule has 0 saturated heterocycles. The SMILES string of the molecule is N=C1C=CC2=C(CN=C2N)C1. The molecule has 2 aliphatic rings. The van der Waals surface area contributed by atoms with Crippen LogP contribution in [0.4, 0.5) is 0 Å². The van der Waals surface area contributed by atoms with E-state index in [0.717, 1.165) is 12.0 Å². The minimum Gasteiger partial charge on any atom is -0.383 e. The van der Waals surface area contributed by atoms with Crippen LogP contribution in [0, 0.1) is 5.41 Å². The molecule has 0 aromatic heterocycles. The number of hydrogen-bond acceptors (Lipinski definition) is 3. The smallest absolute Gasteiger partial charge is 0.125 e. The van der Waals surface area contributed by atoms with Crippen LogP contribution in [-0.2, 0) is 0 Å². The molecule has 0 bridgehead atoms. The third-order valence-electron chi connectivity index (χ3n) is 1.95. The molecule has 1 aliphatic carbocycles. The maximum absolute atomic E-state index is 7.39. The van der Waals surface area contributed by atoms with Gasteiger partial charge in [-0.1, -0.05) is 0 Å². The second-order valence-corrected chi connectivity index (χ2v) is 2.75. The van der Waals surface area contributed by atoms with Crippen LogP contribution in [0.1, 0.15) is 6.42 Å². The van der Waals surface area contributed by atoms with E-state index in [-0.39, 0.29) is 0 Å². The number of amidine groups is 1. The number of nitrogens with two attached hydrogens (primary N) is 1. The predicted octanol–water partition coefficient (Wildman–Crippen LogP) is 0.633. The molecule has 2 rings (SSSR count). The van der Waals surface area contributed by atoms with Crippen molar-refractivity contribution in [3.05, 3.63) is 23.3 Å². The van der Waals surface area contributed by atoms with Gasteiger partial charge in [0, 0.05) is 17.7 Å². The molecule has 0 saturated carbocycles. The highest BCUT2D eigenvalue weighted by molar-refractivity contribution is 6.08. The molecule has 0 amide bonds. The summed E-state index contributed by atoms with van der Waals surface area (Å²) in [5, 5.41) is 7.39.